The van der Waals surface area contributed by atoms with E-state index in [9.17, 15) is 19.0 Å². The minimum Gasteiger partial charge on any atom is -0.462 e. The summed E-state index contributed by atoms with van der Waals surface area (Å²) in [5.74, 6) is -0.832. The van der Waals surface area contributed by atoms with Crippen LogP contribution in [0.1, 0.15) is 309 Å². The number of hydrogen-bond acceptors (Lipinski definition) is 8. The van der Waals surface area contributed by atoms with Crippen LogP contribution < -0.4 is 5.73 Å². The van der Waals surface area contributed by atoms with Crippen molar-refractivity contribution in [3.63, 3.8) is 0 Å². The quantitative estimate of drug-likeness (QED) is 0.0264. The van der Waals surface area contributed by atoms with Crippen LogP contribution in [-0.2, 0) is 32.7 Å². The van der Waals surface area contributed by atoms with Crippen molar-refractivity contribution in [1.29, 1.82) is 0 Å². The Morgan fingerprint density at radius 2 is 0.663 bits per heavy atom. The molecular weight excluding hydrogens is 1050 g/mol. The highest BCUT2D eigenvalue weighted by Gasteiger charge is 2.26. The third-order valence-corrected chi connectivity index (χ3v) is 15.6. The molecule has 10 heteroatoms. The van der Waals surface area contributed by atoms with E-state index in [1.807, 2.05) is 0 Å². The number of esters is 2. The Morgan fingerprint density at radius 3 is 1.00 bits per heavy atom. The van der Waals surface area contributed by atoms with Crippen LogP contribution in [0.25, 0.3) is 0 Å². The van der Waals surface area contributed by atoms with Crippen LogP contribution in [0.3, 0.4) is 0 Å². The third kappa shape index (κ3) is 67.7. The fourth-order valence-corrected chi connectivity index (χ4v) is 10.4. The number of rotatable bonds is 64. The van der Waals surface area contributed by atoms with E-state index < -0.39 is 26.5 Å². The highest BCUT2D eigenvalue weighted by Crippen LogP contribution is 2.43. The predicted molar refractivity (Wildman–Crippen MR) is 358 cm³/mol. The van der Waals surface area contributed by atoms with Gasteiger partial charge in [0.1, 0.15) is 6.61 Å². The summed E-state index contributed by atoms with van der Waals surface area (Å²) in [7, 11) is -4.40. The Morgan fingerprint density at radius 1 is 0.373 bits per heavy atom. The van der Waals surface area contributed by atoms with Gasteiger partial charge in [0.15, 0.2) is 6.10 Å². The monoisotopic (exact) mass is 1180 g/mol. The molecule has 0 rings (SSSR count). The number of hydrogen-bond donors (Lipinski definition) is 2. The van der Waals surface area contributed by atoms with E-state index in [4.69, 9.17) is 24.3 Å². The Kier molecular flexibility index (Phi) is 65.1. The number of nitrogens with two attached hydrogens (primary N) is 1. The van der Waals surface area contributed by atoms with Crippen LogP contribution in [0.2, 0.25) is 0 Å². The van der Waals surface area contributed by atoms with Gasteiger partial charge >= 0.3 is 19.8 Å². The van der Waals surface area contributed by atoms with Crippen LogP contribution in [-0.4, -0.2) is 49.3 Å². The summed E-state index contributed by atoms with van der Waals surface area (Å²) in [6.07, 6.45) is 93.1. The molecule has 9 nitrogen and oxygen atoms in total. The molecule has 0 aromatic heterocycles. The standard InChI is InChI=1S/C73H128NO8P/c1-3-5-7-9-11-13-15-17-19-21-23-25-27-29-31-33-34-35-36-38-40-42-44-46-48-50-52-54-56-58-60-62-64-66-73(76)82-71(70-81-83(77,78)80-68-67-74)69-79-72(75)65-63-61-59-57-55-53-51-49-47-45-43-41-39-37-32-30-28-26-24-22-20-18-16-14-12-10-8-6-4-2/h5,7,11,13,17,19,22-25,29,31,34-35,38,40,44,46,71H,3-4,6,8-10,12,14-16,18,20-21,26-28,30,32-33,36-37,39,41-43,45,47-70,74H2,1-2H3,(H,77,78)/b7-5-,13-11-,19-17-,24-22-,25-23-,31-29-,35-34-,40-38-,46-44-. The average Bonchev–Trinajstić information content (AvgIpc) is 3.49. The molecule has 3 N–H and O–H groups in total. The first kappa shape index (κ1) is 79.7. The minimum absolute atomic E-state index is 0.0481. The van der Waals surface area contributed by atoms with Crippen molar-refractivity contribution >= 4 is 19.8 Å². The smallest absolute Gasteiger partial charge is 0.462 e. The van der Waals surface area contributed by atoms with Gasteiger partial charge in [-0.2, -0.15) is 0 Å². The van der Waals surface area contributed by atoms with Gasteiger partial charge in [0.25, 0.3) is 0 Å². The third-order valence-electron chi connectivity index (χ3n) is 14.6. The summed E-state index contributed by atoms with van der Waals surface area (Å²) in [5.41, 5.74) is 5.40. The van der Waals surface area contributed by atoms with E-state index >= 15 is 0 Å². The SMILES string of the molecule is CC/C=C\C/C=C\C/C=C\C/C=C\C/C=C\C/C=C\C/C=C\C/C=C\CCCCCCCCCCC(=O)OC(COC(=O)CCCCCCCCCCCCCCCCCCC/C=C\CCCCCCCCCC)COP(=O)(O)OCCN. The first-order valence-electron chi connectivity index (χ1n) is 34.4. The fraction of sp³-hybridized carbons (Fsp3) is 0.726. The lowest BCUT2D eigenvalue weighted by molar-refractivity contribution is -0.161. The molecule has 2 unspecified atom stereocenters. The highest BCUT2D eigenvalue weighted by atomic mass is 31.2. The Hall–Kier alpha value is -3.33. The number of carbonyl (C=O) groups excluding carboxylic acids is 2. The van der Waals surface area contributed by atoms with E-state index in [2.05, 4.69) is 123 Å². The normalized spacial score (nSPS) is 13.6. The van der Waals surface area contributed by atoms with Gasteiger partial charge < -0.3 is 20.1 Å². The summed E-state index contributed by atoms with van der Waals surface area (Å²) in [4.78, 5) is 35.3. The number of allylic oxidation sites excluding steroid dienone is 18. The van der Waals surface area contributed by atoms with E-state index in [0.717, 1.165) is 96.3 Å². The van der Waals surface area contributed by atoms with Crippen molar-refractivity contribution < 1.29 is 37.6 Å². The first-order valence-corrected chi connectivity index (χ1v) is 35.9. The number of phosphoric acid groups is 1. The van der Waals surface area contributed by atoms with Crippen molar-refractivity contribution in [3.05, 3.63) is 109 Å². The molecule has 0 spiro atoms. The maximum Gasteiger partial charge on any atom is 0.472 e. The zero-order valence-corrected chi connectivity index (χ0v) is 54.5. The Balaban J connectivity index is 3.94. The van der Waals surface area contributed by atoms with Crippen molar-refractivity contribution in [1.82, 2.24) is 0 Å². The summed E-state index contributed by atoms with van der Waals surface area (Å²) in [5, 5.41) is 0. The lowest BCUT2D eigenvalue weighted by Gasteiger charge is -2.19. The van der Waals surface area contributed by atoms with Gasteiger partial charge in [0, 0.05) is 19.4 Å². The molecule has 83 heavy (non-hydrogen) atoms. The van der Waals surface area contributed by atoms with Crippen LogP contribution in [0.15, 0.2) is 109 Å². The molecule has 0 aliphatic heterocycles. The van der Waals surface area contributed by atoms with Crippen LogP contribution in [0.5, 0.6) is 0 Å². The van der Waals surface area contributed by atoms with E-state index in [0.29, 0.717) is 6.42 Å². The average molecular weight is 1180 g/mol. The highest BCUT2D eigenvalue weighted by molar-refractivity contribution is 7.47. The van der Waals surface area contributed by atoms with Crippen LogP contribution in [0.4, 0.5) is 0 Å². The molecule has 2 atom stereocenters. The number of phosphoric ester groups is 1. The second-order valence-electron chi connectivity index (χ2n) is 22.7. The Labute approximate surface area is 511 Å². The Bertz CT molecular complexity index is 1730. The van der Waals surface area contributed by atoms with Crippen molar-refractivity contribution in [3.8, 4) is 0 Å². The lowest BCUT2D eigenvalue weighted by atomic mass is 10.0. The molecule has 478 valence electrons. The van der Waals surface area contributed by atoms with Gasteiger partial charge in [-0.3, -0.25) is 18.6 Å². The molecule has 0 heterocycles. The van der Waals surface area contributed by atoms with Gasteiger partial charge in [-0.15, -0.1) is 0 Å². The number of carbonyl (C=O) groups is 2. The molecule has 0 aromatic carbocycles. The summed E-state index contributed by atoms with van der Waals surface area (Å²) in [6.45, 7) is 3.65. The molecule has 0 saturated heterocycles. The summed E-state index contributed by atoms with van der Waals surface area (Å²) < 4.78 is 33.2. The predicted octanol–water partition coefficient (Wildman–Crippen LogP) is 22.5. The largest absolute Gasteiger partial charge is 0.472 e. The second kappa shape index (κ2) is 67.8. The molecule has 0 aliphatic carbocycles. The van der Waals surface area contributed by atoms with Gasteiger partial charge in [-0.1, -0.05) is 303 Å². The molecule has 0 bridgehead atoms. The summed E-state index contributed by atoms with van der Waals surface area (Å²) >= 11 is 0. The van der Waals surface area contributed by atoms with Gasteiger partial charge in [0.2, 0.25) is 0 Å². The number of unbranched alkanes of at least 4 members (excludes halogenated alkanes) is 33. The zero-order chi connectivity index (χ0) is 60.1. The molecule has 0 aromatic rings. The lowest BCUT2D eigenvalue weighted by Crippen LogP contribution is -2.29. The minimum atomic E-state index is -4.40. The van der Waals surface area contributed by atoms with Gasteiger partial charge in [-0.05, 0) is 103 Å². The topological polar surface area (TPSA) is 134 Å². The van der Waals surface area contributed by atoms with E-state index in [-0.39, 0.29) is 38.6 Å². The van der Waals surface area contributed by atoms with Gasteiger partial charge in [-0.25, -0.2) is 4.57 Å². The molecule has 0 radical (unpaired) electrons. The molecule has 0 saturated carbocycles. The molecular formula is C73H128NO8P. The zero-order valence-electron chi connectivity index (χ0n) is 53.7. The fourth-order valence-electron chi connectivity index (χ4n) is 9.59. The molecule has 0 amide bonds. The number of ether oxygens (including phenoxy) is 2. The van der Waals surface area contributed by atoms with Crippen LogP contribution in [0, 0.1) is 0 Å². The van der Waals surface area contributed by atoms with E-state index in [1.54, 1.807) is 0 Å². The van der Waals surface area contributed by atoms with Crippen molar-refractivity contribution in [2.45, 2.75) is 315 Å². The summed E-state index contributed by atoms with van der Waals surface area (Å²) in [6, 6.07) is 0. The van der Waals surface area contributed by atoms with E-state index in [1.165, 1.54) is 180 Å². The molecule has 0 fully saturated rings. The maximum absolute atomic E-state index is 12.8. The van der Waals surface area contributed by atoms with Crippen LogP contribution >= 0.6 is 7.82 Å². The maximum atomic E-state index is 12.8. The van der Waals surface area contributed by atoms with Gasteiger partial charge in [0.05, 0.1) is 13.2 Å². The molecule has 0 aliphatic rings. The van der Waals surface area contributed by atoms with Crippen molar-refractivity contribution in [2.75, 3.05) is 26.4 Å². The first-order chi connectivity index (χ1) is 40.8. The van der Waals surface area contributed by atoms with Crippen molar-refractivity contribution in [2.24, 2.45) is 5.73 Å². The second-order valence-corrected chi connectivity index (χ2v) is 24.1.